The number of hydrogen-bond acceptors (Lipinski definition) is 6. The van der Waals surface area contributed by atoms with Crippen LogP contribution in [0.2, 0.25) is 0 Å². The molecule has 0 bridgehead atoms. The summed E-state index contributed by atoms with van der Waals surface area (Å²) in [6, 6.07) is 7.85. The minimum Gasteiger partial charge on any atom is -0.411 e. The quantitative estimate of drug-likeness (QED) is 0.353. The van der Waals surface area contributed by atoms with Crippen LogP contribution in [-0.2, 0) is 0 Å². The lowest BCUT2D eigenvalue weighted by Gasteiger charge is -2.07. The normalized spacial score (nSPS) is 12.4. The van der Waals surface area contributed by atoms with Crippen molar-refractivity contribution < 1.29 is 14.0 Å². The Morgan fingerprint density at radius 1 is 1.17 bits per heavy atom. The zero-order chi connectivity index (χ0) is 20.7. The number of aromatic nitrogens is 4. The van der Waals surface area contributed by atoms with Gasteiger partial charge in [0.15, 0.2) is 11.6 Å². The Hall–Kier alpha value is -3.13. The second kappa shape index (κ2) is 7.36. The van der Waals surface area contributed by atoms with E-state index in [-0.39, 0.29) is 11.6 Å². The predicted octanol–water partition coefficient (Wildman–Crippen LogP) is 4.73. The number of nitrogens with zero attached hydrogens (tertiary/aromatic N) is 2. The van der Waals surface area contributed by atoms with Crippen LogP contribution in [0.4, 0.5) is 0 Å². The molecule has 0 aliphatic heterocycles. The second-order valence-electron chi connectivity index (χ2n) is 6.93. The number of aromatic amines is 2. The molecule has 1 atom stereocenters. The number of carbonyl (C=O) groups is 2. The van der Waals surface area contributed by atoms with E-state index in [0.717, 1.165) is 16.5 Å². The van der Waals surface area contributed by atoms with Crippen LogP contribution in [0.25, 0.3) is 22.4 Å². The van der Waals surface area contributed by atoms with Crippen LogP contribution in [0.5, 0.6) is 0 Å². The number of ketones is 2. The first-order chi connectivity index (χ1) is 13.9. The zero-order valence-electron chi connectivity index (χ0n) is 16.5. The Bertz CT molecular complexity index is 1230. The fraction of sp³-hybridized carbons (Fsp3) is 0.238. The molecule has 0 saturated carbocycles. The van der Waals surface area contributed by atoms with Gasteiger partial charge in [-0.2, -0.15) is 0 Å². The summed E-state index contributed by atoms with van der Waals surface area (Å²) < 4.78 is 5.79. The Morgan fingerprint density at radius 2 is 1.93 bits per heavy atom. The monoisotopic (exact) mass is 408 g/mol. The largest absolute Gasteiger partial charge is 0.411 e. The third kappa shape index (κ3) is 3.40. The molecular formula is C21H20N4O3S. The summed E-state index contributed by atoms with van der Waals surface area (Å²) in [6.45, 7) is 6.86. The van der Waals surface area contributed by atoms with Crippen molar-refractivity contribution in [1.82, 2.24) is 20.2 Å². The van der Waals surface area contributed by atoms with Crippen molar-refractivity contribution in [2.75, 3.05) is 0 Å². The van der Waals surface area contributed by atoms with E-state index in [1.165, 1.54) is 18.7 Å². The molecule has 4 rings (SSSR count). The van der Waals surface area contributed by atoms with Crippen molar-refractivity contribution in [2.24, 2.45) is 0 Å². The van der Waals surface area contributed by atoms with Gasteiger partial charge in [-0.1, -0.05) is 30.0 Å². The standard InChI is InChI=1S/C21H20N4O3S/c1-10-17(12(3)26)11(2)23-18(10)19(27)13(4)29-21-25-24-20(28-21)15-9-22-16-8-6-5-7-14(15)16/h5-9,13,22-23H,1-4H3. The van der Waals surface area contributed by atoms with Crippen LogP contribution in [0.3, 0.4) is 0 Å². The van der Waals surface area contributed by atoms with Crippen LogP contribution in [0.15, 0.2) is 40.1 Å². The van der Waals surface area contributed by atoms with Crippen LogP contribution >= 0.6 is 11.8 Å². The minimum absolute atomic E-state index is 0.0594. The third-order valence-electron chi connectivity index (χ3n) is 4.91. The summed E-state index contributed by atoms with van der Waals surface area (Å²) in [5.41, 5.74) is 4.21. The van der Waals surface area contributed by atoms with Crippen LogP contribution in [0.1, 0.15) is 46.0 Å². The summed E-state index contributed by atoms with van der Waals surface area (Å²) in [7, 11) is 0. The lowest BCUT2D eigenvalue weighted by Crippen LogP contribution is -2.15. The van der Waals surface area contributed by atoms with E-state index in [9.17, 15) is 9.59 Å². The summed E-state index contributed by atoms with van der Waals surface area (Å²) in [4.78, 5) is 31.0. The number of benzene rings is 1. The van der Waals surface area contributed by atoms with Gasteiger partial charge in [0, 0.05) is 28.4 Å². The Balaban J connectivity index is 1.55. The number of aryl methyl sites for hydroxylation is 1. The van der Waals surface area contributed by atoms with Gasteiger partial charge in [0.05, 0.1) is 16.5 Å². The van der Waals surface area contributed by atoms with Gasteiger partial charge in [0.25, 0.3) is 11.1 Å². The first kappa shape index (κ1) is 19.2. The van der Waals surface area contributed by atoms with E-state index in [1.54, 1.807) is 20.8 Å². The molecule has 4 aromatic rings. The van der Waals surface area contributed by atoms with Crippen LogP contribution in [0, 0.1) is 13.8 Å². The molecular weight excluding hydrogens is 388 g/mol. The van der Waals surface area contributed by atoms with Crippen LogP contribution < -0.4 is 0 Å². The van der Waals surface area contributed by atoms with E-state index in [2.05, 4.69) is 20.2 Å². The molecule has 3 heterocycles. The molecule has 0 radical (unpaired) electrons. The number of carbonyl (C=O) groups excluding carboxylic acids is 2. The number of para-hydroxylation sites is 1. The smallest absolute Gasteiger partial charge is 0.277 e. The number of Topliss-reactive ketones (excluding diaryl/α,β-unsaturated/α-hetero) is 2. The van der Waals surface area contributed by atoms with E-state index < -0.39 is 5.25 Å². The topological polar surface area (TPSA) is 105 Å². The lowest BCUT2D eigenvalue weighted by atomic mass is 10.0. The summed E-state index contributed by atoms with van der Waals surface area (Å²) in [5, 5.41) is 9.07. The van der Waals surface area contributed by atoms with Gasteiger partial charge < -0.3 is 14.4 Å². The highest BCUT2D eigenvalue weighted by Crippen LogP contribution is 2.32. The average molecular weight is 408 g/mol. The highest BCUT2D eigenvalue weighted by molar-refractivity contribution is 8.00. The fourth-order valence-corrected chi connectivity index (χ4v) is 4.29. The average Bonchev–Trinajstić information content (AvgIpc) is 3.38. The van der Waals surface area contributed by atoms with Gasteiger partial charge >= 0.3 is 0 Å². The molecule has 0 saturated heterocycles. The number of thioether (sulfide) groups is 1. The van der Waals surface area contributed by atoms with Gasteiger partial charge in [-0.15, -0.1) is 10.2 Å². The first-order valence-corrected chi connectivity index (χ1v) is 10.1. The Morgan fingerprint density at radius 3 is 2.66 bits per heavy atom. The van der Waals surface area contributed by atoms with Gasteiger partial charge in [-0.3, -0.25) is 9.59 Å². The van der Waals surface area contributed by atoms with Crippen molar-refractivity contribution in [3.63, 3.8) is 0 Å². The number of hydrogen-bond donors (Lipinski definition) is 2. The number of nitrogens with one attached hydrogen (secondary N) is 2. The number of rotatable bonds is 6. The van der Waals surface area contributed by atoms with Gasteiger partial charge in [0.1, 0.15) is 0 Å². The van der Waals surface area contributed by atoms with Gasteiger partial charge in [-0.25, -0.2) is 0 Å². The van der Waals surface area contributed by atoms with Crippen molar-refractivity contribution in [2.45, 2.75) is 38.2 Å². The summed E-state index contributed by atoms with van der Waals surface area (Å²) >= 11 is 1.20. The first-order valence-electron chi connectivity index (χ1n) is 9.17. The summed E-state index contributed by atoms with van der Waals surface area (Å²) in [6.07, 6.45) is 1.83. The maximum Gasteiger partial charge on any atom is 0.277 e. The third-order valence-corrected chi connectivity index (χ3v) is 5.84. The lowest BCUT2D eigenvalue weighted by molar-refractivity contribution is 0.0988. The Kier molecular flexibility index (Phi) is 4.87. The number of fused-ring (bicyclic) bond motifs is 1. The van der Waals surface area contributed by atoms with E-state index in [1.807, 2.05) is 30.5 Å². The molecule has 8 heteroatoms. The maximum atomic E-state index is 12.9. The number of H-pyrrole nitrogens is 2. The molecule has 0 aliphatic rings. The molecule has 0 spiro atoms. The van der Waals surface area contributed by atoms with E-state index >= 15 is 0 Å². The van der Waals surface area contributed by atoms with E-state index in [4.69, 9.17) is 4.42 Å². The molecule has 29 heavy (non-hydrogen) atoms. The molecule has 7 nitrogen and oxygen atoms in total. The molecule has 1 aromatic carbocycles. The zero-order valence-corrected chi connectivity index (χ0v) is 17.3. The highest BCUT2D eigenvalue weighted by Gasteiger charge is 2.26. The molecule has 2 N–H and O–H groups in total. The Labute approximate surface area is 171 Å². The van der Waals surface area contributed by atoms with Crippen molar-refractivity contribution in [3.8, 4) is 11.5 Å². The molecule has 148 valence electrons. The SMILES string of the molecule is CC(=O)c1c(C)[nH]c(C(=O)C(C)Sc2nnc(-c3c[nH]c4ccccc34)o2)c1C. The fourth-order valence-electron chi connectivity index (χ4n) is 3.55. The van der Waals surface area contributed by atoms with Crippen LogP contribution in [-0.4, -0.2) is 37.0 Å². The maximum absolute atomic E-state index is 12.9. The molecule has 0 amide bonds. The predicted molar refractivity (Wildman–Crippen MR) is 112 cm³/mol. The van der Waals surface area contributed by atoms with Crippen molar-refractivity contribution >= 4 is 34.2 Å². The van der Waals surface area contributed by atoms with Gasteiger partial charge in [-0.05, 0) is 39.3 Å². The molecule has 0 fully saturated rings. The summed E-state index contributed by atoms with van der Waals surface area (Å²) in [5.74, 6) is 0.223. The highest BCUT2D eigenvalue weighted by atomic mass is 32.2. The van der Waals surface area contributed by atoms with Gasteiger partial charge in [0.2, 0.25) is 0 Å². The molecule has 1 unspecified atom stereocenters. The second-order valence-corrected chi connectivity index (χ2v) is 8.22. The molecule has 3 aromatic heterocycles. The van der Waals surface area contributed by atoms with E-state index in [0.29, 0.717) is 33.6 Å². The van der Waals surface area contributed by atoms with Crippen molar-refractivity contribution in [3.05, 3.63) is 53.0 Å². The minimum atomic E-state index is -0.456. The van der Waals surface area contributed by atoms with Crippen molar-refractivity contribution in [1.29, 1.82) is 0 Å². The molecule has 0 aliphatic carbocycles.